The molecule has 0 saturated heterocycles. The van der Waals surface area contributed by atoms with Crippen LogP contribution >= 0.6 is 15.9 Å². The third-order valence-corrected chi connectivity index (χ3v) is 3.01. The van der Waals surface area contributed by atoms with Gasteiger partial charge in [-0.1, -0.05) is 0 Å². The van der Waals surface area contributed by atoms with Gasteiger partial charge < -0.3 is 14.5 Å². The van der Waals surface area contributed by atoms with Gasteiger partial charge in [-0.15, -0.1) is 0 Å². The first-order valence-corrected chi connectivity index (χ1v) is 5.60. The normalized spacial score (nSPS) is 10.5. The molecule has 0 bridgehead atoms. The Balaban J connectivity index is 2.78. The second-order valence-corrected chi connectivity index (χ2v) is 4.21. The fraction of sp³-hybridized carbons (Fsp3) is 0.100. The number of ketones is 1. The van der Waals surface area contributed by atoms with Crippen molar-refractivity contribution in [1.29, 1.82) is 0 Å². The SMILES string of the molecule is BC(=O)C(=O)c1c[nH]c2c(Br)ncc(OC)c12. The van der Waals surface area contributed by atoms with E-state index in [4.69, 9.17) is 4.74 Å². The van der Waals surface area contributed by atoms with E-state index in [0.717, 1.165) is 0 Å². The molecule has 1 N–H and O–H groups in total. The summed E-state index contributed by atoms with van der Waals surface area (Å²) in [5.74, 6) is -0.0956. The van der Waals surface area contributed by atoms with Crippen molar-refractivity contribution in [1.82, 2.24) is 9.97 Å². The molecule has 0 radical (unpaired) electrons. The Morgan fingerprint density at radius 3 is 2.82 bits per heavy atom. The molecule has 0 aliphatic carbocycles. The summed E-state index contributed by atoms with van der Waals surface area (Å²) in [7, 11) is 2.73. The maximum atomic E-state index is 11.7. The quantitative estimate of drug-likeness (QED) is 0.391. The van der Waals surface area contributed by atoms with Crippen LogP contribution < -0.4 is 4.74 Å². The molecule has 0 spiro atoms. The van der Waals surface area contributed by atoms with E-state index in [1.165, 1.54) is 27.3 Å². The summed E-state index contributed by atoms with van der Waals surface area (Å²) in [5.41, 5.74) is 0.419. The summed E-state index contributed by atoms with van der Waals surface area (Å²) >= 11 is 3.27. The van der Waals surface area contributed by atoms with Crippen LogP contribution in [0.3, 0.4) is 0 Å². The van der Waals surface area contributed by atoms with Crippen molar-refractivity contribution >= 4 is 46.1 Å². The lowest BCUT2D eigenvalue weighted by atomic mass is 9.94. The van der Waals surface area contributed by atoms with Crippen molar-refractivity contribution in [3.8, 4) is 5.75 Å². The minimum Gasteiger partial charge on any atom is -0.494 e. The highest BCUT2D eigenvalue weighted by Gasteiger charge is 2.20. The summed E-state index contributed by atoms with van der Waals surface area (Å²) in [6.07, 6.45) is 2.99. The van der Waals surface area contributed by atoms with Crippen molar-refractivity contribution in [2.75, 3.05) is 7.11 Å². The van der Waals surface area contributed by atoms with Gasteiger partial charge >= 0.3 is 0 Å². The molecule has 17 heavy (non-hydrogen) atoms. The number of carbonyl (C=O) groups excluding carboxylic acids is 2. The van der Waals surface area contributed by atoms with Crippen molar-refractivity contribution in [3.05, 3.63) is 22.6 Å². The number of halogens is 1. The first-order valence-electron chi connectivity index (χ1n) is 4.81. The van der Waals surface area contributed by atoms with E-state index in [2.05, 4.69) is 25.9 Å². The molecule has 86 valence electrons. The first-order chi connectivity index (χ1) is 8.06. The zero-order valence-corrected chi connectivity index (χ0v) is 10.8. The van der Waals surface area contributed by atoms with Gasteiger partial charge in [-0.05, 0) is 15.9 Å². The molecular formula is C10H8BBrN2O3. The Hall–Kier alpha value is -1.63. The Morgan fingerprint density at radius 1 is 1.53 bits per heavy atom. The van der Waals surface area contributed by atoms with Crippen molar-refractivity contribution in [2.45, 2.75) is 0 Å². The minimum absolute atomic E-state index is 0.299. The highest BCUT2D eigenvalue weighted by Crippen LogP contribution is 2.32. The molecule has 0 aliphatic rings. The van der Waals surface area contributed by atoms with E-state index in [-0.39, 0.29) is 0 Å². The number of ether oxygens (including phenoxy) is 1. The fourth-order valence-corrected chi connectivity index (χ4v) is 2.02. The number of carbonyl (C=O) groups is 2. The van der Waals surface area contributed by atoms with Crippen LogP contribution in [-0.2, 0) is 4.79 Å². The average molecular weight is 295 g/mol. The van der Waals surface area contributed by atoms with E-state index in [1.54, 1.807) is 0 Å². The topological polar surface area (TPSA) is 72.0 Å². The summed E-state index contributed by atoms with van der Waals surface area (Å²) in [5, 5.41) is 0.564. The van der Waals surface area contributed by atoms with Crippen molar-refractivity contribution in [2.24, 2.45) is 0 Å². The van der Waals surface area contributed by atoms with Crippen LogP contribution in [0.5, 0.6) is 5.75 Å². The van der Waals surface area contributed by atoms with Crippen LogP contribution in [0.15, 0.2) is 17.0 Å². The van der Waals surface area contributed by atoms with Gasteiger partial charge in [-0.25, -0.2) is 4.98 Å². The summed E-state index contributed by atoms with van der Waals surface area (Å²) < 4.78 is 5.71. The molecule has 0 aliphatic heterocycles. The largest absolute Gasteiger partial charge is 0.494 e. The number of hydrogen-bond donors (Lipinski definition) is 1. The lowest BCUT2D eigenvalue weighted by Gasteiger charge is -2.03. The van der Waals surface area contributed by atoms with Gasteiger partial charge in [0.1, 0.15) is 10.4 Å². The number of H-pyrrole nitrogens is 1. The lowest BCUT2D eigenvalue weighted by Crippen LogP contribution is -2.13. The van der Waals surface area contributed by atoms with Crippen molar-refractivity contribution in [3.63, 3.8) is 0 Å². The predicted molar refractivity (Wildman–Crippen MR) is 68.2 cm³/mol. The maximum Gasteiger partial charge on any atom is 0.219 e. The molecule has 0 saturated carbocycles. The molecular weight excluding hydrogens is 287 g/mol. The summed E-state index contributed by atoms with van der Waals surface area (Å²) in [6, 6.07) is 0. The fourth-order valence-electron chi connectivity index (χ4n) is 1.61. The molecule has 5 nitrogen and oxygen atoms in total. The molecule has 0 aromatic carbocycles. The number of nitrogens with zero attached hydrogens (tertiary/aromatic N) is 1. The predicted octanol–water partition coefficient (Wildman–Crippen LogP) is 0.676. The number of aromatic amines is 1. The third kappa shape index (κ3) is 1.86. The monoisotopic (exact) mass is 294 g/mol. The van der Waals surface area contributed by atoms with E-state index in [0.29, 0.717) is 26.8 Å². The molecule has 2 rings (SSSR count). The first kappa shape index (κ1) is 11.8. The number of hydrogen-bond acceptors (Lipinski definition) is 4. The summed E-state index contributed by atoms with van der Waals surface area (Å²) in [6.45, 7) is 0. The third-order valence-electron chi connectivity index (χ3n) is 2.41. The molecule has 7 heteroatoms. The lowest BCUT2D eigenvalue weighted by molar-refractivity contribution is -0.108. The van der Waals surface area contributed by atoms with E-state index >= 15 is 0 Å². The molecule has 0 fully saturated rings. The van der Waals surface area contributed by atoms with Gasteiger partial charge in [-0.3, -0.25) is 4.79 Å². The highest BCUT2D eigenvalue weighted by molar-refractivity contribution is 9.10. The van der Waals surface area contributed by atoms with Gasteiger partial charge in [0.15, 0.2) is 13.5 Å². The van der Waals surface area contributed by atoms with Gasteiger partial charge in [0, 0.05) is 6.20 Å². The zero-order chi connectivity index (χ0) is 12.6. The smallest absolute Gasteiger partial charge is 0.219 e. The second-order valence-electron chi connectivity index (χ2n) is 3.46. The standard InChI is InChI=1S/C10H8BBrN2O3/c1-17-5-3-14-10(12)7-6(5)4(2-13-7)8(15)9(11)16/h2-3,13H,11H2,1H3. The number of nitrogens with one attached hydrogen (secondary N) is 1. The van der Waals surface area contributed by atoms with E-state index in [1.807, 2.05) is 0 Å². The Bertz CT molecular complexity index is 623. The van der Waals surface area contributed by atoms with Gasteiger partial charge in [-0.2, -0.15) is 0 Å². The zero-order valence-electron chi connectivity index (χ0n) is 9.20. The molecule has 2 aromatic rings. The number of methoxy groups -OCH3 is 1. The Kier molecular flexibility index (Phi) is 3.02. The van der Waals surface area contributed by atoms with Gasteiger partial charge in [0.05, 0.1) is 29.8 Å². The van der Waals surface area contributed by atoms with Crippen molar-refractivity contribution < 1.29 is 14.3 Å². The van der Waals surface area contributed by atoms with Crippen LogP contribution in [0.1, 0.15) is 10.4 Å². The summed E-state index contributed by atoms with van der Waals surface area (Å²) in [4.78, 5) is 29.8. The van der Waals surface area contributed by atoms with E-state index < -0.39 is 11.5 Å². The number of Topliss-reactive ketones (excluding diaryl/α,β-unsaturated/α-hetero) is 1. The molecule has 0 unspecified atom stereocenters. The number of rotatable bonds is 3. The second kappa shape index (κ2) is 4.33. The Labute approximate surface area is 106 Å². The molecule has 2 aromatic heterocycles. The van der Waals surface area contributed by atoms with Gasteiger partial charge in [0.25, 0.3) is 0 Å². The number of aromatic nitrogens is 2. The van der Waals surface area contributed by atoms with Crippen LogP contribution in [0.4, 0.5) is 0 Å². The maximum absolute atomic E-state index is 11.7. The molecule has 0 atom stereocenters. The van der Waals surface area contributed by atoms with Crippen LogP contribution in [0, 0.1) is 0 Å². The van der Waals surface area contributed by atoms with Gasteiger partial charge in [0.2, 0.25) is 5.78 Å². The number of pyridine rings is 1. The Morgan fingerprint density at radius 2 is 2.24 bits per heavy atom. The minimum atomic E-state index is -0.548. The van der Waals surface area contributed by atoms with E-state index in [9.17, 15) is 9.59 Å². The van der Waals surface area contributed by atoms with Crippen LogP contribution in [0.2, 0.25) is 0 Å². The average Bonchev–Trinajstić information content (AvgIpc) is 2.74. The number of fused-ring (bicyclic) bond motifs is 1. The van der Waals surface area contributed by atoms with Crippen LogP contribution in [0.25, 0.3) is 10.9 Å². The molecule has 2 heterocycles. The van der Waals surface area contributed by atoms with Crippen LogP contribution in [-0.4, -0.2) is 36.4 Å². The highest BCUT2D eigenvalue weighted by atomic mass is 79.9. The molecule has 0 amide bonds.